The minimum absolute atomic E-state index is 0.196. The molecule has 0 amide bonds. The Kier molecular flexibility index (Phi) is 3.21. The maximum Gasteiger partial charge on any atom is 0.311 e. The van der Waals surface area contributed by atoms with E-state index in [0.717, 1.165) is 0 Å². The molecule has 0 saturated carbocycles. The van der Waals surface area contributed by atoms with Crippen molar-refractivity contribution in [1.82, 2.24) is 0 Å². The van der Waals surface area contributed by atoms with Crippen LogP contribution in [0.2, 0.25) is 0 Å². The van der Waals surface area contributed by atoms with Gasteiger partial charge in [-0.1, -0.05) is 0 Å². The third-order valence-electron chi connectivity index (χ3n) is 2.13. The van der Waals surface area contributed by atoms with Crippen LogP contribution in [0.25, 0.3) is 0 Å². The number of aliphatic hydroxyl groups is 3. The maximum absolute atomic E-state index is 10.5. The molecule has 0 aromatic carbocycles. The van der Waals surface area contributed by atoms with E-state index in [-0.39, 0.29) is 6.61 Å². The Hall–Kier alpha value is -0.690. The van der Waals surface area contributed by atoms with Gasteiger partial charge in [-0.25, -0.2) is 0 Å². The lowest BCUT2D eigenvalue weighted by molar-refractivity contribution is -0.190. The predicted molar refractivity (Wildman–Crippen MR) is 40.0 cm³/mol. The largest absolute Gasteiger partial charge is 0.481 e. The Morgan fingerprint density at radius 1 is 1.38 bits per heavy atom. The molecule has 1 heterocycles. The molecule has 6 nitrogen and oxygen atoms in total. The SMILES string of the molecule is O=C(O)[C@@H]1CO[C@H](CO)[C@H](O)[C@@H]1O. The van der Waals surface area contributed by atoms with Gasteiger partial charge in [0.05, 0.1) is 19.3 Å². The van der Waals surface area contributed by atoms with Gasteiger partial charge in [-0.2, -0.15) is 0 Å². The van der Waals surface area contributed by atoms with E-state index < -0.39 is 36.8 Å². The summed E-state index contributed by atoms with van der Waals surface area (Å²) >= 11 is 0. The molecule has 4 atom stereocenters. The van der Waals surface area contributed by atoms with Gasteiger partial charge in [0.1, 0.15) is 18.1 Å². The van der Waals surface area contributed by atoms with E-state index in [1.807, 2.05) is 0 Å². The maximum atomic E-state index is 10.5. The number of aliphatic hydroxyl groups excluding tert-OH is 3. The first-order valence-electron chi connectivity index (χ1n) is 3.89. The molecule has 1 aliphatic rings. The molecule has 0 radical (unpaired) electrons. The second-order valence-electron chi connectivity index (χ2n) is 2.98. The van der Waals surface area contributed by atoms with Gasteiger partial charge in [-0.15, -0.1) is 0 Å². The molecule has 0 unspecified atom stereocenters. The van der Waals surface area contributed by atoms with Crippen LogP contribution in [0.4, 0.5) is 0 Å². The molecule has 1 fully saturated rings. The van der Waals surface area contributed by atoms with Gasteiger partial charge in [0.2, 0.25) is 0 Å². The summed E-state index contributed by atoms with van der Waals surface area (Å²) < 4.78 is 4.84. The molecule has 0 spiro atoms. The standard InChI is InChI=1S/C7H12O6/c8-1-4-6(10)5(9)3(2-13-4)7(11)12/h3-6,8-10H,1-2H2,(H,11,12)/t3-,4-,5-,6+/m1/s1. The topological polar surface area (TPSA) is 107 Å². The van der Waals surface area contributed by atoms with E-state index in [1.54, 1.807) is 0 Å². The molecule has 0 aromatic rings. The molecule has 1 aliphatic heterocycles. The predicted octanol–water partition coefficient (Wildman–Crippen LogP) is -2.20. The first kappa shape index (κ1) is 10.4. The van der Waals surface area contributed by atoms with Crippen molar-refractivity contribution in [1.29, 1.82) is 0 Å². The minimum Gasteiger partial charge on any atom is -0.481 e. The van der Waals surface area contributed by atoms with Crippen molar-refractivity contribution in [3.63, 3.8) is 0 Å². The summed E-state index contributed by atoms with van der Waals surface area (Å²) in [5.74, 6) is -2.35. The van der Waals surface area contributed by atoms with Gasteiger partial charge >= 0.3 is 5.97 Å². The molecule has 1 rings (SSSR count). The Balaban J connectivity index is 2.64. The average Bonchev–Trinajstić information content (AvgIpc) is 2.09. The second kappa shape index (κ2) is 4.01. The highest BCUT2D eigenvalue weighted by Gasteiger charge is 2.41. The molecular weight excluding hydrogens is 180 g/mol. The van der Waals surface area contributed by atoms with Crippen LogP contribution in [0.3, 0.4) is 0 Å². The smallest absolute Gasteiger partial charge is 0.311 e. The molecule has 1 saturated heterocycles. The fraction of sp³-hybridized carbons (Fsp3) is 0.857. The van der Waals surface area contributed by atoms with Gasteiger partial charge in [0.15, 0.2) is 0 Å². The number of aliphatic carboxylic acids is 1. The molecule has 4 N–H and O–H groups in total. The Morgan fingerprint density at radius 2 is 2.00 bits per heavy atom. The zero-order valence-electron chi connectivity index (χ0n) is 6.83. The quantitative estimate of drug-likeness (QED) is 0.395. The summed E-state index contributed by atoms with van der Waals surface area (Å²) in [7, 11) is 0. The first-order valence-corrected chi connectivity index (χ1v) is 3.89. The number of rotatable bonds is 2. The summed E-state index contributed by atoms with van der Waals surface area (Å²) in [6.07, 6.45) is -3.63. The summed E-state index contributed by atoms with van der Waals surface area (Å²) in [4.78, 5) is 10.5. The van der Waals surface area contributed by atoms with Crippen LogP contribution >= 0.6 is 0 Å². The van der Waals surface area contributed by atoms with Crippen molar-refractivity contribution in [3.8, 4) is 0 Å². The van der Waals surface area contributed by atoms with E-state index in [4.69, 9.17) is 14.9 Å². The number of ether oxygens (including phenoxy) is 1. The number of carboxylic acid groups (broad SMARTS) is 1. The van der Waals surface area contributed by atoms with Crippen LogP contribution in [0, 0.1) is 5.92 Å². The van der Waals surface area contributed by atoms with Crippen LogP contribution in [-0.2, 0) is 9.53 Å². The van der Waals surface area contributed by atoms with Crippen LogP contribution in [-0.4, -0.2) is 57.9 Å². The van der Waals surface area contributed by atoms with Gasteiger partial charge in [-0.3, -0.25) is 4.79 Å². The van der Waals surface area contributed by atoms with E-state index >= 15 is 0 Å². The Bertz CT molecular complexity index is 193. The lowest BCUT2D eigenvalue weighted by atomic mass is 9.93. The molecule has 0 aliphatic carbocycles. The fourth-order valence-corrected chi connectivity index (χ4v) is 1.26. The molecular formula is C7H12O6. The van der Waals surface area contributed by atoms with E-state index in [9.17, 15) is 15.0 Å². The monoisotopic (exact) mass is 192 g/mol. The van der Waals surface area contributed by atoms with Crippen molar-refractivity contribution in [2.75, 3.05) is 13.2 Å². The fourth-order valence-electron chi connectivity index (χ4n) is 1.26. The lowest BCUT2D eigenvalue weighted by Crippen LogP contribution is -2.53. The van der Waals surface area contributed by atoms with Gasteiger partial charge < -0.3 is 25.2 Å². The zero-order valence-corrected chi connectivity index (χ0v) is 6.83. The highest BCUT2D eigenvalue weighted by Crippen LogP contribution is 2.20. The number of hydrogen-bond donors (Lipinski definition) is 4. The lowest BCUT2D eigenvalue weighted by Gasteiger charge is -2.34. The molecule has 0 aromatic heterocycles. The van der Waals surface area contributed by atoms with Crippen molar-refractivity contribution in [3.05, 3.63) is 0 Å². The van der Waals surface area contributed by atoms with Crippen molar-refractivity contribution < 1.29 is 30.0 Å². The number of carbonyl (C=O) groups is 1. The average molecular weight is 192 g/mol. The Morgan fingerprint density at radius 3 is 2.46 bits per heavy atom. The van der Waals surface area contributed by atoms with Gasteiger partial charge in [0.25, 0.3) is 0 Å². The van der Waals surface area contributed by atoms with Crippen LogP contribution in [0.15, 0.2) is 0 Å². The van der Waals surface area contributed by atoms with E-state index in [1.165, 1.54) is 0 Å². The second-order valence-corrected chi connectivity index (χ2v) is 2.98. The molecule has 13 heavy (non-hydrogen) atoms. The highest BCUT2D eigenvalue weighted by molar-refractivity contribution is 5.71. The third-order valence-corrected chi connectivity index (χ3v) is 2.13. The van der Waals surface area contributed by atoms with Crippen LogP contribution < -0.4 is 0 Å². The summed E-state index contributed by atoms with van der Waals surface area (Å²) in [6.45, 7) is -0.636. The van der Waals surface area contributed by atoms with Crippen molar-refractivity contribution in [2.24, 2.45) is 5.92 Å². The summed E-state index contributed by atoms with van der Waals surface area (Å²) in [6, 6.07) is 0. The van der Waals surface area contributed by atoms with E-state index in [2.05, 4.69) is 0 Å². The van der Waals surface area contributed by atoms with Crippen molar-refractivity contribution >= 4 is 5.97 Å². The zero-order chi connectivity index (χ0) is 10.0. The first-order chi connectivity index (χ1) is 6.07. The number of hydrogen-bond acceptors (Lipinski definition) is 5. The van der Waals surface area contributed by atoms with Crippen molar-refractivity contribution in [2.45, 2.75) is 18.3 Å². The van der Waals surface area contributed by atoms with Crippen LogP contribution in [0.1, 0.15) is 0 Å². The van der Waals surface area contributed by atoms with Gasteiger partial charge in [0, 0.05) is 0 Å². The summed E-state index contributed by atoms with van der Waals surface area (Å²) in [5, 5.41) is 35.8. The van der Waals surface area contributed by atoms with Gasteiger partial charge in [-0.05, 0) is 0 Å². The van der Waals surface area contributed by atoms with Crippen LogP contribution in [0.5, 0.6) is 0 Å². The molecule has 76 valence electrons. The minimum atomic E-state index is -1.39. The normalized spacial score (nSPS) is 40.2. The third kappa shape index (κ3) is 1.97. The summed E-state index contributed by atoms with van der Waals surface area (Å²) in [5.41, 5.74) is 0. The van der Waals surface area contributed by atoms with E-state index in [0.29, 0.717) is 0 Å². The molecule has 6 heteroatoms. The molecule has 0 bridgehead atoms. The number of carboxylic acids is 1. The Labute approximate surface area is 74.4 Å². The highest BCUT2D eigenvalue weighted by atomic mass is 16.5.